The van der Waals surface area contributed by atoms with Crippen LogP contribution in [0.25, 0.3) is 10.9 Å². The van der Waals surface area contributed by atoms with Gasteiger partial charge in [0.2, 0.25) is 0 Å². The molecule has 1 aromatic heterocycles. The second-order valence-corrected chi connectivity index (χ2v) is 6.56. The van der Waals surface area contributed by atoms with Gasteiger partial charge in [0.15, 0.2) is 0 Å². The molecule has 25 heavy (non-hydrogen) atoms. The average molecular weight is 344 g/mol. The summed E-state index contributed by atoms with van der Waals surface area (Å²) in [6.07, 6.45) is 1.12. The fourth-order valence-electron chi connectivity index (χ4n) is 3.53. The lowest BCUT2D eigenvalue weighted by molar-refractivity contribution is 0.0377. The Morgan fingerprint density at radius 1 is 1.28 bits per heavy atom. The highest BCUT2D eigenvalue weighted by Crippen LogP contribution is 2.15. The quantitative estimate of drug-likeness (QED) is 0.777. The van der Waals surface area contributed by atoms with E-state index in [-0.39, 0.29) is 5.56 Å². The predicted molar refractivity (Wildman–Crippen MR) is 99.8 cm³/mol. The van der Waals surface area contributed by atoms with Crippen LogP contribution in [0.5, 0.6) is 0 Å². The molecule has 0 radical (unpaired) electrons. The van der Waals surface area contributed by atoms with Crippen LogP contribution in [0.1, 0.15) is 26.1 Å². The van der Waals surface area contributed by atoms with Crippen LogP contribution in [-0.2, 0) is 11.3 Å². The van der Waals surface area contributed by atoms with Crippen molar-refractivity contribution >= 4 is 10.9 Å². The van der Waals surface area contributed by atoms with Gasteiger partial charge in [0.05, 0.1) is 24.1 Å². The largest absolute Gasteiger partial charge is 0.380 e. The number of H-pyrrole nitrogens is 1. The molecule has 6 heteroatoms. The molecule has 2 heterocycles. The van der Waals surface area contributed by atoms with Crippen molar-refractivity contribution in [2.45, 2.75) is 32.9 Å². The van der Waals surface area contributed by atoms with E-state index in [0.717, 1.165) is 57.2 Å². The van der Waals surface area contributed by atoms with Gasteiger partial charge in [-0.25, -0.2) is 4.98 Å². The summed E-state index contributed by atoms with van der Waals surface area (Å²) in [5.41, 5.74) is 0.714. The van der Waals surface area contributed by atoms with Gasteiger partial charge in [-0.1, -0.05) is 19.1 Å². The molecule has 0 saturated carbocycles. The molecule has 1 atom stereocenters. The molecule has 0 unspecified atom stereocenters. The lowest BCUT2D eigenvalue weighted by Gasteiger charge is -2.41. The van der Waals surface area contributed by atoms with Crippen LogP contribution in [0, 0.1) is 0 Å². The Labute approximate surface area is 148 Å². The monoisotopic (exact) mass is 344 g/mol. The van der Waals surface area contributed by atoms with E-state index in [0.29, 0.717) is 18.0 Å². The number of aromatic nitrogens is 2. The fourth-order valence-corrected chi connectivity index (χ4v) is 3.53. The molecule has 1 fully saturated rings. The van der Waals surface area contributed by atoms with Gasteiger partial charge in [0.1, 0.15) is 5.82 Å². The molecule has 0 aliphatic carbocycles. The highest BCUT2D eigenvalue weighted by atomic mass is 16.5. The van der Waals surface area contributed by atoms with Gasteiger partial charge in [-0.2, -0.15) is 0 Å². The first kappa shape index (κ1) is 18.0. The third-order valence-corrected chi connectivity index (χ3v) is 4.92. The predicted octanol–water partition coefficient (Wildman–Crippen LogP) is 1.86. The number of hydrogen-bond donors (Lipinski definition) is 1. The minimum Gasteiger partial charge on any atom is -0.380 e. The van der Waals surface area contributed by atoms with Gasteiger partial charge in [0.25, 0.3) is 5.56 Å². The summed E-state index contributed by atoms with van der Waals surface area (Å²) in [4.78, 5) is 24.7. The topological polar surface area (TPSA) is 61.5 Å². The lowest BCUT2D eigenvalue weighted by Crippen LogP contribution is -2.53. The van der Waals surface area contributed by atoms with Crippen LogP contribution >= 0.6 is 0 Å². The number of ether oxygens (including phenoxy) is 1. The molecule has 0 spiro atoms. The summed E-state index contributed by atoms with van der Waals surface area (Å²) in [5, 5.41) is 0.651. The standard InChI is InChI=1S/C19H28N4O2/c1-3-15-13-22(9-10-23(15)11-12-25-4-2)14-18-20-17-8-6-5-7-16(17)19(24)21-18/h5-8,15H,3-4,9-14H2,1-2H3,(H,20,21,24)/t15-/m0/s1. The second-order valence-electron chi connectivity index (χ2n) is 6.56. The minimum atomic E-state index is -0.0528. The molecule has 1 aliphatic rings. The SMILES string of the molecule is CCOCCN1CCN(Cc2nc3ccccc3c(=O)[nH]2)C[C@@H]1CC. The molecule has 1 N–H and O–H groups in total. The van der Waals surface area contributed by atoms with E-state index in [1.165, 1.54) is 0 Å². The molecule has 0 bridgehead atoms. The van der Waals surface area contributed by atoms with Gasteiger partial charge >= 0.3 is 0 Å². The molecule has 136 valence electrons. The average Bonchev–Trinajstić information content (AvgIpc) is 2.63. The van der Waals surface area contributed by atoms with Crippen molar-refractivity contribution in [2.24, 2.45) is 0 Å². The van der Waals surface area contributed by atoms with Crippen LogP contribution in [0.2, 0.25) is 0 Å². The van der Waals surface area contributed by atoms with Crippen LogP contribution in [0.15, 0.2) is 29.1 Å². The van der Waals surface area contributed by atoms with Crippen molar-refractivity contribution in [3.05, 3.63) is 40.4 Å². The van der Waals surface area contributed by atoms with Gasteiger partial charge < -0.3 is 9.72 Å². The zero-order valence-corrected chi connectivity index (χ0v) is 15.2. The third kappa shape index (κ3) is 4.45. The number of para-hydroxylation sites is 1. The van der Waals surface area contributed by atoms with Gasteiger partial charge in [-0.3, -0.25) is 14.6 Å². The molecule has 6 nitrogen and oxygen atoms in total. The number of aromatic amines is 1. The Hall–Kier alpha value is -1.76. The number of fused-ring (bicyclic) bond motifs is 1. The maximum atomic E-state index is 12.2. The van der Waals surface area contributed by atoms with Gasteiger partial charge in [-0.15, -0.1) is 0 Å². The second kappa shape index (κ2) is 8.56. The zero-order valence-electron chi connectivity index (χ0n) is 15.2. The fraction of sp³-hybridized carbons (Fsp3) is 0.579. The number of hydrogen-bond acceptors (Lipinski definition) is 5. The van der Waals surface area contributed by atoms with Crippen molar-refractivity contribution < 1.29 is 4.74 Å². The zero-order chi connectivity index (χ0) is 17.6. The van der Waals surface area contributed by atoms with Crippen LogP contribution in [0.3, 0.4) is 0 Å². The minimum absolute atomic E-state index is 0.0528. The van der Waals surface area contributed by atoms with Crippen molar-refractivity contribution in [3.63, 3.8) is 0 Å². The Morgan fingerprint density at radius 2 is 2.12 bits per heavy atom. The lowest BCUT2D eigenvalue weighted by atomic mass is 10.1. The van der Waals surface area contributed by atoms with Crippen molar-refractivity contribution in [2.75, 3.05) is 39.4 Å². The smallest absolute Gasteiger partial charge is 0.258 e. The number of rotatable bonds is 7. The summed E-state index contributed by atoms with van der Waals surface area (Å²) < 4.78 is 5.50. The molecule has 1 saturated heterocycles. The summed E-state index contributed by atoms with van der Waals surface area (Å²) in [6.45, 7) is 10.5. The van der Waals surface area contributed by atoms with Crippen molar-refractivity contribution in [3.8, 4) is 0 Å². The van der Waals surface area contributed by atoms with E-state index >= 15 is 0 Å². The number of nitrogens with zero attached hydrogens (tertiary/aromatic N) is 3. The Bertz CT molecular complexity index is 746. The van der Waals surface area contributed by atoms with E-state index < -0.39 is 0 Å². The van der Waals surface area contributed by atoms with E-state index in [2.05, 4.69) is 26.7 Å². The van der Waals surface area contributed by atoms with Crippen LogP contribution < -0.4 is 5.56 Å². The summed E-state index contributed by atoms with van der Waals surface area (Å²) in [7, 11) is 0. The highest BCUT2D eigenvalue weighted by Gasteiger charge is 2.25. The molecule has 1 aromatic carbocycles. The first-order valence-corrected chi connectivity index (χ1v) is 9.23. The van der Waals surface area contributed by atoms with Gasteiger partial charge in [0, 0.05) is 38.8 Å². The molecule has 3 rings (SSSR count). The molecule has 1 aliphatic heterocycles. The third-order valence-electron chi connectivity index (χ3n) is 4.92. The maximum Gasteiger partial charge on any atom is 0.258 e. The highest BCUT2D eigenvalue weighted by molar-refractivity contribution is 5.77. The van der Waals surface area contributed by atoms with E-state index in [4.69, 9.17) is 4.74 Å². The maximum absolute atomic E-state index is 12.2. The summed E-state index contributed by atoms with van der Waals surface area (Å²) >= 11 is 0. The first-order valence-electron chi connectivity index (χ1n) is 9.23. The summed E-state index contributed by atoms with van der Waals surface area (Å²) in [5.74, 6) is 0.751. The van der Waals surface area contributed by atoms with Crippen molar-refractivity contribution in [1.29, 1.82) is 0 Å². The Morgan fingerprint density at radius 3 is 2.92 bits per heavy atom. The normalized spacial score (nSPS) is 19.5. The molecule has 0 amide bonds. The first-order chi connectivity index (χ1) is 12.2. The molecule has 2 aromatic rings. The summed E-state index contributed by atoms with van der Waals surface area (Å²) in [6, 6.07) is 8.03. The Kier molecular flexibility index (Phi) is 6.18. The Balaban J connectivity index is 1.65. The molecular weight excluding hydrogens is 316 g/mol. The van der Waals surface area contributed by atoms with Gasteiger partial charge in [-0.05, 0) is 25.5 Å². The van der Waals surface area contributed by atoms with E-state index in [9.17, 15) is 4.79 Å². The van der Waals surface area contributed by atoms with Crippen molar-refractivity contribution in [1.82, 2.24) is 19.8 Å². The van der Waals surface area contributed by atoms with E-state index in [1.54, 1.807) is 0 Å². The number of nitrogens with one attached hydrogen (secondary N) is 1. The van der Waals surface area contributed by atoms with Crippen LogP contribution in [-0.4, -0.2) is 65.2 Å². The number of benzene rings is 1. The van der Waals surface area contributed by atoms with E-state index in [1.807, 2.05) is 31.2 Å². The van der Waals surface area contributed by atoms with Crippen LogP contribution in [0.4, 0.5) is 0 Å². The number of piperazine rings is 1. The molecular formula is C19H28N4O2.